The third kappa shape index (κ3) is 5.79. The quantitative estimate of drug-likeness (QED) is 0.823. The van der Waals surface area contributed by atoms with E-state index in [1.54, 1.807) is 0 Å². The third-order valence-electron chi connectivity index (χ3n) is 1.86. The van der Waals surface area contributed by atoms with Crippen LogP contribution in [0.15, 0.2) is 0 Å². The first-order valence-corrected chi connectivity index (χ1v) is 6.13. The SMILES string of the molecule is CCCCc1nc(Cl)nc(NOC(C)(C)C)n1. The average molecular weight is 259 g/mol. The van der Waals surface area contributed by atoms with Crippen molar-refractivity contribution < 1.29 is 4.84 Å². The van der Waals surface area contributed by atoms with E-state index >= 15 is 0 Å². The van der Waals surface area contributed by atoms with Gasteiger partial charge in [0, 0.05) is 6.42 Å². The molecule has 0 aliphatic heterocycles. The van der Waals surface area contributed by atoms with Gasteiger partial charge in [-0.15, -0.1) is 0 Å². The zero-order valence-electron chi connectivity index (χ0n) is 10.7. The second-order valence-electron chi connectivity index (χ2n) is 4.76. The summed E-state index contributed by atoms with van der Waals surface area (Å²) in [5, 5.41) is 0.186. The number of rotatable bonds is 5. The first-order chi connectivity index (χ1) is 7.90. The van der Waals surface area contributed by atoms with E-state index in [1.807, 2.05) is 20.8 Å². The molecule has 1 N–H and O–H groups in total. The summed E-state index contributed by atoms with van der Waals surface area (Å²) in [7, 11) is 0. The van der Waals surface area contributed by atoms with E-state index in [0.717, 1.165) is 19.3 Å². The molecule has 0 bridgehead atoms. The molecule has 0 spiro atoms. The van der Waals surface area contributed by atoms with Crippen molar-refractivity contribution in [2.24, 2.45) is 0 Å². The fraction of sp³-hybridized carbons (Fsp3) is 0.727. The molecule has 0 saturated heterocycles. The lowest BCUT2D eigenvalue weighted by atomic mass is 10.2. The van der Waals surface area contributed by atoms with Crippen LogP contribution < -0.4 is 5.48 Å². The summed E-state index contributed by atoms with van der Waals surface area (Å²) in [6, 6.07) is 0. The van der Waals surface area contributed by atoms with E-state index in [9.17, 15) is 0 Å². The summed E-state index contributed by atoms with van der Waals surface area (Å²) in [6.45, 7) is 7.91. The van der Waals surface area contributed by atoms with E-state index < -0.39 is 0 Å². The Morgan fingerprint density at radius 3 is 2.53 bits per heavy atom. The molecule has 0 fully saturated rings. The van der Waals surface area contributed by atoms with Crippen LogP contribution in [-0.2, 0) is 11.3 Å². The minimum absolute atomic E-state index is 0.186. The monoisotopic (exact) mass is 258 g/mol. The van der Waals surface area contributed by atoms with Gasteiger partial charge in [0.25, 0.3) is 5.95 Å². The summed E-state index contributed by atoms with van der Waals surface area (Å²) >= 11 is 5.82. The average Bonchev–Trinajstić information content (AvgIpc) is 2.22. The lowest BCUT2D eigenvalue weighted by Gasteiger charge is -2.18. The van der Waals surface area contributed by atoms with Crippen LogP contribution in [-0.4, -0.2) is 20.6 Å². The van der Waals surface area contributed by atoms with Crippen molar-refractivity contribution in [1.82, 2.24) is 15.0 Å². The summed E-state index contributed by atoms with van der Waals surface area (Å²) in [4.78, 5) is 17.6. The number of aryl methyl sites for hydroxylation is 1. The molecule has 0 saturated carbocycles. The van der Waals surface area contributed by atoms with Gasteiger partial charge in [-0.1, -0.05) is 13.3 Å². The molecule has 0 atom stereocenters. The number of hydrogen-bond donors (Lipinski definition) is 1. The van der Waals surface area contributed by atoms with Gasteiger partial charge in [0.15, 0.2) is 0 Å². The normalized spacial score (nSPS) is 11.6. The number of anilines is 1. The Balaban J connectivity index is 2.68. The van der Waals surface area contributed by atoms with Gasteiger partial charge in [0.1, 0.15) is 5.82 Å². The lowest BCUT2D eigenvalue weighted by molar-refractivity contribution is 0.0358. The molecule has 96 valence electrons. The topological polar surface area (TPSA) is 59.9 Å². The van der Waals surface area contributed by atoms with Crippen LogP contribution >= 0.6 is 11.6 Å². The Bertz CT molecular complexity index is 365. The third-order valence-corrected chi connectivity index (χ3v) is 2.03. The maximum Gasteiger partial charge on any atom is 0.251 e. The molecule has 1 heterocycles. The summed E-state index contributed by atoms with van der Waals surface area (Å²) in [5.41, 5.74) is 2.38. The van der Waals surface area contributed by atoms with E-state index in [1.165, 1.54) is 0 Å². The van der Waals surface area contributed by atoms with Gasteiger partial charge in [0.05, 0.1) is 5.60 Å². The predicted molar refractivity (Wildman–Crippen MR) is 67.9 cm³/mol. The Labute approximate surface area is 107 Å². The highest BCUT2D eigenvalue weighted by atomic mass is 35.5. The van der Waals surface area contributed by atoms with Gasteiger partial charge >= 0.3 is 0 Å². The van der Waals surface area contributed by atoms with E-state index in [-0.39, 0.29) is 10.9 Å². The number of aromatic nitrogens is 3. The molecule has 0 aromatic carbocycles. The highest BCUT2D eigenvalue weighted by molar-refractivity contribution is 6.28. The maximum atomic E-state index is 5.82. The first-order valence-electron chi connectivity index (χ1n) is 5.75. The van der Waals surface area contributed by atoms with Crippen molar-refractivity contribution in [2.75, 3.05) is 5.48 Å². The van der Waals surface area contributed by atoms with Gasteiger partial charge in [0.2, 0.25) is 5.28 Å². The first kappa shape index (κ1) is 14.1. The van der Waals surface area contributed by atoms with Crippen molar-refractivity contribution in [3.8, 4) is 0 Å². The van der Waals surface area contributed by atoms with E-state index in [0.29, 0.717) is 11.8 Å². The molecule has 17 heavy (non-hydrogen) atoms. The Morgan fingerprint density at radius 2 is 1.94 bits per heavy atom. The summed E-state index contributed by atoms with van der Waals surface area (Å²) in [5.74, 6) is 1.04. The van der Waals surface area contributed by atoms with Crippen LogP contribution in [0.4, 0.5) is 5.95 Å². The predicted octanol–water partition coefficient (Wildman–Crippen LogP) is 3.01. The Morgan fingerprint density at radius 1 is 1.24 bits per heavy atom. The maximum absolute atomic E-state index is 5.82. The van der Waals surface area contributed by atoms with Crippen molar-refractivity contribution in [3.63, 3.8) is 0 Å². The number of unbranched alkanes of at least 4 members (excludes halogenated alkanes) is 1. The second kappa shape index (κ2) is 6.12. The molecule has 0 unspecified atom stereocenters. The van der Waals surface area contributed by atoms with Gasteiger partial charge in [-0.2, -0.15) is 9.97 Å². The van der Waals surface area contributed by atoms with E-state index in [4.69, 9.17) is 16.4 Å². The highest BCUT2D eigenvalue weighted by Gasteiger charge is 2.12. The zero-order chi connectivity index (χ0) is 12.9. The molecule has 6 heteroatoms. The number of nitrogens with one attached hydrogen (secondary N) is 1. The van der Waals surface area contributed by atoms with Crippen molar-refractivity contribution in [1.29, 1.82) is 0 Å². The Kier molecular flexibility index (Phi) is 5.08. The lowest BCUT2D eigenvalue weighted by Crippen LogP contribution is -2.24. The largest absolute Gasteiger partial charge is 0.268 e. The molecule has 5 nitrogen and oxygen atoms in total. The minimum Gasteiger partial charge on any atom is -0.268 e. The van der Waals surface area contributed by atoms with Crippen LogP contribution in [0, 0.1) is 0 Å². The number of nitrogens with zero attached hydrogens (tertiary/aromatic N) is 3. The number of halogens is 1. The fourth-order valence-corrected chi connectivity index (χ4v) is 1.26. The molecule has 1 aromatic rings. The smallest absolute Gasteiger partial charge is 0.251 e. The van der Waals surface area contributed by atoms with Gasteiger partial charge in [-0.05, 0) is 38.8 Å². The van der Waals surface area contributed by atoms with Crippen LogP contribution in [0.1, 0.15) is 46.4 Å². The Hall–Kier alpha value is -0.940. The highest BCUT2D eigenvalue weighted by Crippen LogP contribution is 2.11. The summed E-state index contributed by atoms with van der Waals surface area (Å²) < 4.78 is 0. The van der Waals surface area contributed by atoms with E-state index in [2.05, 4.69) is 27.4 Å². The minimum atomic E-state index is -0.317. The molecule has 0 aliphatic rings. The molecule has 0 radical (unpaired) electrons. The van der Waals surface area contributed by atoms with Crippen LogP contribution in [0.5, 0.6) is 0 Å². The molecular weight excluding hydrogens is 240 g/mol. The number of hydrogen-bond acceptors (Lipinski definition) is 5. The zero-order valence-corrected chi connectivity index (χ0v) is 11.5. The van der Waals surface area contributed by atoms with Crippen molar-refractivity contribution in [3.05, 3.63) is 11.1 Å². The fourth-order valence-electron chi connectivity index (χ4n) is 1.08. The molecule has 0 amide bonds. The van der Waals surface area contributed by atoms with Crippen molar-refractivity contribution >= 4 is 17.5 Å². The van der Waals surface area contributed by atoms with Crippen LogP contribution in [0.25, 0.3) is 0 Å². The van der Waals surface area contributed by atoms with Gasteiger partial charge < -0.3 is 0 Å². The molecule has 0 aliphatic carbocycles. The standard InChI is InChI=1S/C11H19ClN4O/c1-5-6-7-8-13-9(12)15-10(14-8)16-17-11(2,3)4/h5-7H2,1-4H3,(H,13,14,15,16). The molecular formula is C11H19ClN4O. The van der Waals surface area contributed by atoms with Gasteiger partial charge in [-0.3, -0.25) is 4.84 Å². The van der Waals surface area contributed by atoms with Gasteiger partial charge in [-0.25, -0.2) is 10.5 Å². The van der Waals surface area contributed by atoms with Crippen LogP contribution in [0.2, 0.25) is 5.28 Å². The molecule has 1 rings (SSSR count). The van der Waals surface area contributed by atoms with Crippen molar-refractivity contribution in [2.45, 2.75) is 52.6 Å². The second-order valence-corrected chi connectivity index (χ2v) is 5.10. The van der Waals surface area contributed by atoms with Crippen LogP contribution in [0.3, 0.4) is 0 Å². The summed E-state index contributed by atoms with van der Waals surface area (Å²) in [6.07, 6.45) is 2.91. The molecule has 1 aromatic heterocycles.